The number of pyridine rings is 1. The van der Waals surface area contributed by atoms with Gasteiger partial charge in [0, 0.05) is 35.8 Å². The van der Waals surface area contributed by atoms with E-state index >= 15 is 0 Å². The number of benzene rings is 1. The number of fused-ring (bicyclic) bond motifs is 1. The normalized spacial score (nSPS) is 17.1. The number of hydrogen-bond acceptors (Lipinski definition) is 3. The quantitative estimate of drug-likeness (QED) is 0.935. The minimum atomic E-state index is -4.18. The number of aromatic carboxylic acids is 1. The van der Waals surface area contributed by atoms with Gasteiger partial charge >= 0.3 is 12.1 Å². The first-order chi connectivity index (χ1) is 10.7. The lowest BCUT2D eigenvalue weighted by atomic mass is 9.78. The smallest absolute Gasteiger partial charge is 0.389 e. The summed E-state index contributed by atoms with van der Waals surface area (Å²) >= 11 is 0. The van der Waals surface area contributed by atoms with Crippen LogP contribution in [-0.2, 0) is 0 Å². The molecule has 1 aliphatic rings. The molecule has 4 nitrogen and oxygen atoms in total. The number of aromatic nitrogens is 1. The third-order valence-corrected chi connectivity index (χ3v) is 4.09. The molecule has 0 radical (unpaired) electrons. The monoisotopic (exact) mass is 324 g/mol. The molecule has 122 valence electrons. The fourth-order valence-corrected chi connectivity index (χ4v) is 3.17. The molecule has 23 heavy (non-hydrogen) atoms. The SMILES string of the molecule is CC1(CC(F)(F)F)CN(c2ccc3nccc(C(=O)O)c3c2)C1. The van der Waals surface area contributed by atoms with Gasteiger partial charge in [0.05, 0.1) is 17.5 Å². The predicted molar refractivity (Wildman–Crippen MR) is 79.7 cm³/mol. The lowest BCUT2D eigenvalue weighted by Gasteiger charge is -2.49. The Morgan fingerprint density at radius 3 is 2.65 bits per heavy atom. The second-order valence-corrected chi connectivity index (χ2v) is 6.32. The molecule has 1 aromatic heterocycles. The minimum Gasteiger partial charge on any atom is -0.478 e. The summed E-state index contributed by atoms with van der Waals surface area (Å²) in [5.41, 5.74) is 0.605. The Hall–Kier alpha value is -2.31. The Labute approximate surface area is 130 Å². The lowest BCUT2D eigenvalue weighted by molar-refractivity contribution is -0.159. The van der Waals surface area contributed by atoms with Crippen molar-refractivity contribution < 1.29 is 23.1 Å². The van der Waals surface area contributed by atoms with E-state index in [4.69, 9.17) is 0 Å². The van der Waals surface area contributed by atoms with E-state index in [1.807, 2.05) is 4.90 Å². The summed E-state index contributed by atoms with van der Waals surface area (Å²) in [6.07, 6.45) is -3.56. The van der Waals surface area contributed by atoms with E-state index in [2.05, 4.69) is 4.98 Å². The minimum absolute atomic E-state index is 0.135. The van der Waals surface area contributed by atoms with Crippen LogP contribution in [0.3, 0.4) is 0 Å². The van der Waals surface area contributed by atoms with Crippen molar-refractivity contribution in [2.24, 2.45) is 5.41 Å². The van der Waals surface area contributed by atoms with E-state index in [0.717, 1.165) is 0 Å². The van der Waals surface area contributed by atoms with Gasteiger partial charge in [0.25, 0.3) is 0 Å². The van der Waals surface area contributed by atoms with Gasteiger partial charge in [-0.2, -0.15) is 13.2 Å². The van der Waals surface area contributed by atoms with Gasteiger partial charge in [-0.15, -0.1) is 0 Å². The van der Waals surface area contributed by atoms with Crippen LogP contribution in [0, 0.1) is 5.41 Å². The van der Waals surface area contributed by atoms with Crippen LogP contribution in [-0.4, -0.2) is 35.3 Å². The van der Waals surface area contributed by atoms with Crippen LogP contribution in [0.15, 0.2) is 30.5 Å². The van der Waals surface area contributed by atoms with E-state index in [1.54, 1.807) is 25.1 Å². The van der Waals surface area contributed by atoms with Gasteiger partial charge < -0.3 is 10.0 Å². The number of anilines is 1. The fourth-order valence-electron chi connectivity index (χ4n) is 3.17. The molecule has 0 atom stereocenters. The van der Waals surface area contributed by atoms with Crippen molar-refractivity contribution in [2.45, 2.75) is 19.5 Å². The summed E-state index contributed by atoms with van der Waals surface area (Å²) in [4.78, 5) is 17.2. The molecule has 0 spiro atoms. The van der Waals surface area contributed by atoms with Crippen molar-refractivity contribution in [2.75, 3.05) is 18.0 Å². The van der Waals surface area contributed by atoms with Crippen LogP contribution < -0.4 is 4.90 Å². The standard InChI is InChI=1S/C16H15F3N2O2/c1-15(7-16(17,18)19)8-21(9-15)10-2-3-13-12(6-10)11(14(22)23)4-5-20-13/h2-6H,7-9H2,1H3,(H,22,23). The number of carboxylic acids is 1. The molecule has 0 bridgehead atoms. The van der Waals surface area contributed by atoms with E-state index in [1.165, 1.54) is 12.3 Å². The van der Waals surface area contributed by atoms with Crippen LogP contribution in [0.4, 0.5) is 18.9 Å². The molecular weight excluding hydrogens is 309 g/mol. The molecule has 0 aliphatic carbocycles. The highest BCUT2D eigenvalue weighted by Crippen LogP contribution is 2.42. The molecule has 3 rings (SSSR count). The van der Waals surface area contributed by atoms with Gasteiger partial charge in [0.2, 0.25) is 0 Å². The largest absolute Gasteiger partial charge is 0.478 e. The van der Waals surface area contributed by atoms with Gasteiger partial charge in [0.1, 0.15) is 0 Å². The van der Waals surface area contributed by atoms with Crippen LogP contribution in [0.2, 0.25) is 0 Å². The van der Waals surface area contributed by atoms with Gasteiger partial charge in [-0.1, -0.05) is 6.92 Å². The molecule has 0 saturated carbocycles. The fraction of sp³-hybridized carbons (Fsp3) is 0.375. The molecule has 1 saturated heterocycles. The maximum Gasteiger partial charge on any atom is 0.389 e. The zero-order valence-corrected chi connectivity index (χ0v) is 12.4. The summed E-state index contributed by atoms with van der Waals surface area (Å²) in [6.45, 7) is 2.20. The Bertz CT molecular complexity index is 767. The highest BCUT2D eigenvalue weighted by atomic mass is 19.4. The van der Waals surface area contributed by atoms with E-state index in [-0.39, 0.29) is 5.56 Å². The topological polar surface area (TPSA) is 53.4 Å². The molecule has 1 N–H and O–H groups in total. The number of rotatable bonds is 3. The number of carboxylic acid groups (broad SMARTS) is 1. The third-order valence-electron chi connectivity index (χ3n) is 4.09. The summed E-state index contributed by atoms with van der Waals surface area (Å²) in [5.74, 6) is -1.06. The van der Waals surface area contributed by atoms with Crippen LogP contribution >= 0.6 is 0 Å². The van der Waals surface area contributed by atoms with Crippen molar-refractivity contribution in [3.63, 3.8) is 0 Å². The molecule has 1 aromatic carbocycles. The summed E-state index contributed by atoms with van der Waals surface area (Å²) in [6, 6.07) is 6.54. The first kappa shape index (κ1) is 15.6. The Kier molecular flexibility index (Phi) is 3.46. The number of hydrogen-bond donors (Lipinski definition) is 1. The van der Waals surface area contributed by atoms with Gasteiger partial charge in [-0.3, -0.25) is 4.98 Å². The molecule has 0 amide bonds. The zero-order valence-electron chi connectivity index (χ0n) is 12.4. The van der Waals surface area contributed by atoms with E-state index in [9.17, 15) is 23.1 Å². The Morgan fingerprint density at radius 2 is 2.04 bits per heavy atom. The molecule has 0 unspecified atom stereocenters. The van der Waals surface area contributed by atoms with Crippen molar-refractivity contribution in [1.29, 1.82) is 0 Å². The van der Waals surface area contributed by atoms with Gasteiger partial charge in [-0.05, 0) is 24.3 Å². The maximum atomic E-state index is 12.6. The number of alkyl halides is 3. The first-order valence-electron chi connectivity index (χ1n) is 7.11. The van der Waals surface area contributed by atoms with Crippen molar-refractivity contribution in [3.8, 4) is 0 Å². The van der Waals surface area contributed by atoms with Crippen molar-refractivity contribution in [1.82, 2.24) is 4.98 Å². The summed E-state index contributed by atoms with van der Waals surface area (Å²) in [5, 5.41) is 9.72. The van der Waals surface area contributed by atoms with E-state index < -0.39 is 24.0 Å². The predicted octanol–water partition coefficient (Wildman–Crippen LogP) is 3.71. The molecule has 2 aromatic rings. The zero-order chi connectivity index (χ0) is 16.8. The maximum absolute atomic E-state index is 12.6. The third kappa shape index (κ3) is 3.09. The van der Waals surface area contributed by atoms with Crippen LogP contribution in [0.25, 0.3) is 10.9 Å². The summed E-state index contributed by atoms with van der Waals surface area (Å²) < 4.78 is 37.7. The first-order valence-corrected chi connectivity index (χ1v) is 7.11. The van der Waals surface area contributed by atoms with Crippen LogP contribution in [0.1, 0.15) is 23.7 Å². The molecular formula is C16H15F3N2O2. The average molecular weight is 324 g/mol. The summed E-state index contributed by atoms with van der Waals surface area (Å²) in [7, 11) is 0. The second kappa shape index (κ2) is 5.11. The molecule has 2 heterocycles. The van der Waals surface area contributed by atoms with Crippen molar-refractivity contribution in [3.05, 3.63) is 36.0 Å². The van der Waals surface area contributed by atoms with Crippen molar-refractivity contribution >= 4 is 22.6 Å². The second-order valence-electron chi connectivity index (χ2n) is 6.32. The average Bonchev–Trinajstić information content (AvgIpc) is 2.41. The number of halogens is 3. The number of nitrogens with zero attached hydrogens (tertiary/aromatic N) is 2. The molecule has 7 heteroatoms. The van der Waals surface area contributed by atoms with Crippen LogP contribution in [0.5, 0.6) is 0 Å². The number of carbonyl (C=O) groups is 1. The van der Waals surface area contributed by atoms with Gasteiger partial charge in [0.15, 0.2) is 0 Å². The molecule has 1 aliphatic heterocycles. The Morgan fingerprint density at radius 1 is 1.35 bits per heavy atom. The van der Waals surface area contributed by atoms with Gasteiger partial charge in [-0.25, -0.2) is 4.79 Å². The highest BCUT2D eigenvalue weighted by molar-refractivity contribution is 6.03. The Balaban J connectivity index is 1.86. The van der Waals surface area contributed by atoms with E-state index in [0.29, 0.717) is 29.7 Å². The highest BCUT2D eigenvalue weighted by Gasteiger charge is 2.46. The molecule has 1 fully saturated rings. The lowest BCUT2D eigenvalue weighted by Crippen LogP contribution is -2.56.